The monoisotopic (exact) mass is 649 g/mol. The van der Waals surface area contributed by atoms with Crippen molar-refractivity contribution in [2.75, 3.05) is 0 Å². The van der Waals surface area contributed by atoms with Crippen LogP contribution in [0.5, 0.6) is 0 Å². The first-order valence-corrected chi connectivity index (χ1v) is 13.2. The second kappa shape index (κ2) is 11.6. The fourth-order valence-electron chi connectivity index (χ4n) is 6.92. The summed E-state index contributed by atoms with van der Waals surface area (Å²) in [6.45, 7) is 4.17. The van der Waals surface area contributed by atoms with E-state index in [1.165, 1.54) is 49.5 Å². The number of hydrogen-bond acceptors (Lipinski definition) is 3. The third kappa shape index (κ3) is 5.88. The number of fused-ring (bicyclic) bond motifs is 2. The maximum absolute atomic E-state index is 10.4. The third-order valence-corrected chi connectivity index (χ3v) is 8.51. The minimum atomic E-state index is -0.214. The van der Waals surface area contributed by atoms with Crippen molar-refractivity contribution in [2.24, 2.45) is 23.7 Å². The first-order valence-electron chi connectivity index (χ1n) is 13.2. The smallest absolute Gasteiger partial charge is 0.0626 e. The molecule has 0 bridgehead atoms. The topological polar surface area (TPSA) is 53.4 Å². The van der Waals surface area contributed by atoms with E-state index >= 15 is 0 Å². The maximum atomic E-state index is 10.4. The predicted octanol–water partition coefficient (Wildman–Crippen LogP) is 6.65. The number of aliphatic hydroxyl groups is 2. The van der Waals surface area contributed by atoms with E-state index in [2.05, 4.69) is 50.2 Å². The van der Waals surface area contributed by atoms with E-state index in [9.17, 15) is 10.2 Å². The molecule has 0 spiro atoms. The summed E-state index contributed by atoms with van der Waals surface area (Å²) in [6, 6.07) is 20.0. The average Bonchev–Trinajstić information content (AvgIpc) is 3.38. The second-order valence-corrected chi connectivity index (χ2v) is 10.9. The Balaban J connectivity index is 0.000000161. The summed E-state index contributed by atoms with van der Waals surface area (Å²) in [5.74, 6) is 2.09. The molecule has 35 heavy (non-hydrogen) atoms. The van der Waals surface area contributed by atoms with Gasteiger partial charge in [-0.05, 0) is 54.2 Å². The van der Waals surface area contributed by atoms with Gasteiger partial charge in [-0.15, -0.1) is 34.9 Å². The molecule has 4 heteroatoms. The second-order valence-electron chi connectivity index (χ2n) is 10.9. The number of aliphatic hydroxyl groups excluding tert-OH is 2. The molecule has 0 aliphatic heterocycles. The van der Waals surface area contributed by atoms with Crippen molar-refractivity contribution in [3.63, 3.8) is 0 Å². The van der Waals surface area contributed by atoms with Gasteiger partial charge >= 0.3 is 0 Å². The van der Waals surface area contributed by atoms with Crippen LogP contribution in [0.4, 0.5) is 0 Å². The molecule has 0 amide bonds. The average molecular weight is 649 g/mol. The van der Waals surface area contributed by atoms with Gasteiger partial charge < -0.3 is 10.2 Å². The normalized spacial score (nSPS) is 28.2. The standard InChI is InChI=1S/C17H14N.C14H24O2.Ir/c1-12-9-13(2)11-15(10-12)17-8-7-14-5-3-4-6-16(14)18-17;15-12-7-6-10-8-11(14(16)13(10)12)9-4-2-1-3-5-9;/h3-10H,1-2H3;9-16H,1-8H2;/q-1;;. The van der Waals surface area contributed by atoms with E-state index in [1.807, 2.05) is 18.2 Å². The molecule has 2 N–H and O–H groups in total. The van der Waals surface area contributed by atoms with E-state index in [1.54, 1.807) is 0 Å². The Kier molecular flexibility index (Phi) is 8.81. The first kappa shape index (κ1) is 26.5. The van der Waals surface area contributed by atoms with Crippen molar-refractivity contribution in [3.8, 4) is 11.3 Å². The van der Waals surface area contributed by atoms with Crippen LogP contribution in [0.3, 0.4) is 0 Å². The van der Waals surface area contributed by atoms with Gasteiger partial charge in [-0.3, -0.25) is 4.98 Å². The quantitative estimate of drug-likeness (QED) is 0.306. The van der Waals surface area contributed by atoms with Crippen LogP contribution >= 0.6 is 0 Å². The van der Waals surface area contributed by atoms with Crippen LogP contribution < -0.4 is 0 Å². The van der Waals surface area contributed by atoms with Crippen LogP contribution in [0.25, 0.3) is 22.2 Å². The van der Waals surface area contributed by atoms with E-state index in [4.69, 9.17) is 4.98 Å². The molecule has 3 fully saturated rings. The van der Waals surface area contributed by atoms with E-state index in [-0.39, 0.29) is 38.2 Å². The summed E-state index contributed by atoms with van der Waals surface area (Å²) < 4.78 is 0. The Morgan fingerprint density at radius 1 is 0.857 bits per heavy atom. The summed E-state index contributed by atoms with van der Waals surface area (Å²) in [4.78, 5) is 4.70. The van der Waals surface area contributed by atoms with Crippen LogP contribution in [0.1, 0.15) is 62.5 Å². The zero-order valence-electron chi connectivity index (χ0n) is 20.9. The fraction of sp³-hybridized carbons (Fsp3) is 0.516. The third-order valence-electron chi connectivity index (χ3n) is 8.51. The van der Waals surface area contributed by atoms with E-state index < -0.39 is 0 Å². The minimum Gasteiger partial charge on any atom is -0.393 e. The zero-order valence-corrected chi connectivity index (χ0v) is 23.3. The van der Waals surface area contributed by atoms with Crippen molar-refractivity contribution < 1.29 is 30.3 Å². The fourth-order valence-corrected chi connectivity index (χ4v) is 6.92. The summed E-state index contributed by atoms with van der Waals surface area (Å²) in [5.41, 5.74) is 5.48. The Hall–Kier alpha value is -1.58. The Morgan fingerprint density at radius 2 is 1.63 bits per heavy atom. The molecular weight excluding hydrogens is 611 g/mol. The van der Waals surface area contributed by atoms with Gasteiger partial charge in [-0.25, -0.2) is 0 Å². The van der Waals surface area contributed by atoms with Crippen molar-refractivity contribution in [1.82, 2.24) is 4.98 Å². The molecule has 2 aromatic carbocycles. The number of rotatable bonds is 2. The molecule has 6 rings (SSSR count). The molecule has 189 valence electrons. The minimum absolute atomic E-state index is 0. The summed E-state index contributed by atoms with van der Waals surface area (Å²) in [7, 11) is 0. The number of hydrogen-bond donors (Lipinski definition) is 2. The summed E-state index contributed by atoms with van der Waals surface area (Å²) in [6.07, 6.45) is 9.56. The molecule has 1 aromatic heterocycles. The van der Waals surface area contributed by atoms with Gasteiger partial charge in [-0.2, -0.15) is 0 Å². The van der Waals surface area contributed by atoms with Crippen molar-refractivity contribution in [2.45, 2.75) is 77.4 Å². The number of para-hydroxylation sites is 1. The number of aryl methyl sites for hydroxylation is 2. The van der Waals surface area contributed by atoms with Crippen LogP contribution in [0, 0.1) is 43.6 Å². The van der Waals surface area contributed by atoms with Gasteiger partial charge in [0.25, 0.3) is 0 Å². The number of aromatic nitrogens is 1. The molecule has 0 saturated heterocycles. The van der Waals surface area contributed by atoms with Gasteiger partial charge in [0.05, 0.1) is 17.7 Å². The molecule has 5 atom stereocenters. The van der Waals surface area contributed by atoms with Crippen molar-refractivity contribution in [3.05, 3.63) is 65.7 Å². The predicted molar refractivity (Wildman–Crippen MR) is 138 cm³/mol. The van der Waals surface area contributed by atoms with Gasteiger partial charge in [0.2, 0.25) is 0 Å². The molecule has 3 aliphatic carbocycles. The van der Waals surface area contributed by atoms with E-state index in [0.717, 1.165) is 41.1 Å². The van der Waals surface area contributed by atoms with Gasteiger partial charge in [0.15, 0.2) is 0 Å². The van der Waals surface area contributed by atoms with Crippen molar-refractivity contribution >= 4 is 10.9 Å². The van der Waals surface area contributed by atoms with E-state index in [0.29, 0.717) is 11.8 Å². The Bertz CT molecular complexity index is 1110. The van der Waals surface area contributed by atoms with Crippen molar-refractivity contribution in [1.29, 1.82) is 0 Å². The number of benzene rings is 2. The summed E-state index contributed by atoms with van der Waals surface area (Å²) >= 11 is 0. The van der Waals surface area contributed by atoms with Gasteiger partial charge in [-0.1, -0.05) is 76.3 Å². The molecule has 3 nitrogen and oxygen atoms in total. The Labute approximate surface area is 223 Å². The van der Waals surface area contributed by atoms with Crippen LogP contribution in [-0.2, 0) is 20.1 Å². The SMILES string of the molecule is Cc1[c-]c(-c2ccc3ccccc3n2)cc(C)c1.OC1CCC2CC(C3CCCCC3)C(O)C12.[Ir]. The van der Waals surface area contributed by atoms with Crippen LogP contribution in [-0.4, -0.2) is 27.4 Å². The van der Waals surface area contributed by atoms with Crippen LogP contribution in [0.2, 0.25) is 0 Å². The molecule has 3 aliphatic rings. The van der Waals surface area contributed by atoms with Gasteiger partial charge in [0, 0.05) is 26.0 Å². The first-order chi connectivity index (χ1) is 16.5. The summed E-state index contributed by atoms with van der Waals surface area (Å²) in [5, 5.41) is 21.5. The molecular formula is C31H38IrNO2-. The number of pyridine rings is 1. The molecule has 1 radical (unpaired) electrons. The molecule has 3 saturated carbocycles. The molecule has 1 heterocycles. The number of nitrogens with zero attached hydrogens (tertiary/aromatic N) is 1. The Morgan fingerprint density at radius 3 is 2.37 bits per heavy atom. The van der Waals surface area contributed by atoms with Gasteiger partial charge in [0.1, 0.15) is 0 Å². The molecule has 5 unspecified atom stereocenters. The van der Waals surface area contributed by atoms with Crippen LogP contribution in [0.15, 0.2) is 48.5 Å². The molecule has 3 aromatic rings. The zero-order chi connectivity index (χ0) is 23.7. The largest absolute Gasteiger partial charge is 0.393 e. The maximum Gasteiger partial charge on any atom is 0.0626 e.